The van der Waals surface area contributed by atoms with Gasteiger partial charge in [0.1, 0.15) is 0 Å². The summed E-state index contributed by atoms with van der Waals surface area (Å²) in [4.78, 5) is 0. The lowest BCUT2D eigenvalue weighted by molar-refractivity contribution is 0.480. The van der Waals surface area contributed by atoms with Gasteiger partial charge in [0.05, 0.1) is 11.5 Å². The summed E-state index contributed by atoms with van der Waals surface area (Å²) in [6.07, 6.45) is 2.45. The van der Waals surface area contributed by atoms with Gasteiger partial charge in [-0.25, -0.2) is 0 Å². The number of piperidine rings is 1. The molecular formula is C15H21N3. The highest BCUT2D eigenvalue weighted by molar-refractivity contribution is 5.47. The summed E-state index contributed by atoms with van der Waals surface area (Å²) < 4.78 is 0. The van der Waals surface area contributed by atoms with Crippen LogP contribution in [0.5, 0.6) is 0 Å². The van der Waals surface area contributed by atoms with Crippen LogP contribution < -0.4 is 10.6 Å². The minimum atomic E-state index is -0.412. The molecule has 2 rings (SSSR count). The van der Waals surface area contributed by atoms with E-state index in [1.54, 1.807) is 0 Å². The molecule has 3 heteroatoms. The molecule has 0 aliphatic carbocycles. The SMILES string of the molecule is CC(C)(C#N)c1ccc(NC2CCCNC2)cc1. The molecule has 1 aliphatic heterocycles. The third-order valence-electron chi connectivity index (χ3n) is 3.55. The first-order valence-electron chi connectivity index (χ1n) is 6.61. The summed E-state index contributed by atoms with van der Waals surface area (Å²) in [5.41, 5.74) is 1.80. The van der Waals surface area contributed by atoms with Crippen molar-refractivity contribution in [3.63, 3.8) is 0 Å². The summed E-state index contributed by atoms with van der Waals surface area (Å²) in [6.45, 7) is 6.06. The zero-order valence-electron chi connectivity index (χ0n) is 11.2. The van der Waals surface area contributed by atoms with E-state index < -0.39 is 5.41 Å². The van der Waals surface area contributed by atoms with Crippen LogP contribution in [0.25, 0.3) is 0 Å². The number of hydrogen-bond donors (Lipinski definition) is 2. The number of nitrogens with one attached hydrogen (secondary N) is 2. The molecule has 0 amide bonds. The lowest BCUT2D eigenvalue weighted by atomic mass is 9.86. The van der Waals surface area contributed by atoms with Crippen molar-refractivity contribution >= 4 is 5.69 Å². The van der Waals surface area contributed by atoms with E-state index in [2.05, 4.69) is 28.8 Å². The second-order valence-electron chi connectivity index (χ2n) is 5.50. The van der Waals surface area contributed by atoms with Crippen molar-refractivity contribution in [2.75, 3.05) is 18.4 Å². The van der Waals surface area contributed by atoms with Crippen LogP contribution >= 0.6 is 0 Å². The van der Waals surface area contributed by atoms with Gasteiger partial charge in [-0.1, -0.05) is 12.1 Å². The fourth-order valence-electron chi connectivity index (χ4n) is 2.26. The molecular weight excluding hydrogens is 222 g/mol. The molecule has 0 aromatic heterocycles. The normalized spacial score (nSPS) is 20.2. The quantitative estimate of drug-likeness (QED) is 0.858. The summed E-state index contributed by atoms with van der Waals surface area (Å²) in [7, 11) is 0. The topological polar surface area (TPSA) is 47.9 Å². The third kappa shape index (κ3) is 3.02. The van der Waals surface area contributed by atoms with Gasteiger partial charge in [-0.05, 0) is 50.9 Å². The fourth-order valence-corrected chi connectivity index (χ4v) is 2.26. The zero-order valence-corrected chi connectivity index (χ0v) is 11.2. The van der Waals surface area contributed by atoms with E-state index in [4.69, 9.17) is 5.26 Å². The predicted molar refractivity (Wildman–Crippen MR) is 74.6 cm³/mol. The van der Waals surface area contributed by atoms with E-state index in [0.717, 1.165) is 24.3 Å². The molecule has 0 radical (unpaired) electrons. The van der Waals surface area contributed by atoms with Crippen molar-refractivity contribution < 1.29 is 0 Å². The van der Waals surface area contributed by atoms with E-state index in [0.29, 0.717) is 6.04 Å². The summed E-state index contributed by atoms with van der Waals surface area (Å²) in [5.74, 6) is 0. The van der Waals surface area contributed by atoms with E-state index in [9.17, 15) is 0 Å². The Labute approximate surface area is 109 Å². The van der Waals surface area contributed by atoms with Gasteiger partial charge in [0.2, 0.25) is 0 Å². The second kappa shape index (κ2) is 5.41. The molecule has 1 saturated heterocycles. The Morgan fingerprint density at radius 1 is 1.33 bits per heavy atom. The van der Waals surface area contributed by atoms with Crippen LogP contribution in [0, 0.1) is 11.3 Å². The minimum Gasteiger partial charge on any atom is -0.381 e. The Balaban J connectivity index is 2.01. The van der Waals surface area contributed by atoms with Crippen molar-refractivity contribution in [3.05, 3.63) is 29.8 Å². The van der Waals surface area contributed by atoms with Gasteiger partial charge in [-0.15, -0.1) is 0 Å². The van der Waals surface area contributed by atoms with E-state index in [1.165, 1.54) is 12.8 Å². The van der Waals surface area contributed by atoms with Crippen LogP contribution in [-0.2, 0) is 5.41 Å². The summed E-state index contributed by atoms with van der Waals surface area (Å²) in [5, 5.41) is 16.0. The maximum atomic E-state index is 9.10. The maximum absolute atomic E-state index is 9.10. The first-order valence-corrected chi connectivity index (χ1v) is 6.61. The highest BCUT2D eigenvalue weighted by atomic mass is 15.0. The van der Waals surface area contributed by atoms with Crippen LogP contribution in [-0.4, -0.2) is 19.1 Å². The van der Waals surface area contributed by atoms with Crippen LogP contribution in [0.1, 0.15) is 32.3 Å². The molecule has 96 valence electrons. The van der Waals surface area contributed by atoms with E-state index in [-0.39, 0.29) is 0 Å². The molecule has 1 fully saturated rings. The Morgan fingerprint density at radius 3 is 2.61 bits per heavy atom. The fraction of sp³-hybridized carbons (Fsp3) is 0.533. The molecule has 0 spiro atoms. The Hall–Kier alpha value is -1.53. The largest absolute Gasteiger partial charge is 0.381 e. The standard InChI is InChI=1S/C15H21N3/c1-15(2,11-16)12-5-7-13(8-6-12)18-14-4-3-9-17-10-14/h5-8,14,17-18H,3-4,9-10H2,1-2H3. The van der Waals surface area contributed by atoms with Gasteiger partial charge in [0, 0.05) is 18.3 Å². The zero-order chi connectivity index (χ0) is 13.0. The van der Waals surface area contributed by atoms with Gasteiger partial charge in [-0.2, -0.15) is 5.26 Å². The van der Waals surface area contributed by atoms with Crippen molar-refractivity contribution in [2.45, 2.75) is 38.1 Å². The third-order valence-corrected chi connectivity index (χ3v) is 3.55. The number of benzene rings is 1. The number of rotatable bonds is 3. The molecule has 0 saturated carbocycles. The van der Waals surface area contributed by atoms with Gasteiger partial charge >= 0.3 is 0 Å². The molecule has 1 aliphatic rings. The predicted octanol–water partition coefficient (Wildman–Crippen LogP) is 2.65. The van der Waals surface area contributed by atoms with Crippen molar-refractivity contribution in [1.82, 2.24) is 5.32 Å². The van der Waals surface area contributed by atoms with Gasteiger partial charge in [0.15, 0.2) is 0 Å². The molecule has 0 bridgehead atoms. The number of anilines is 1. The average molecular weight is 243 g/mol. The van der Waals surface area contributed by atoms with E-state index in [1.807, 2.05) is 26.0 Å². The summed E-state index contributed by atoms with van der Waals surface area (Å²) >= 11 is 0. The monoisotopic (exact) mass is 243 g/mol. The molecule has 1 heterocycles. The minimum absolute atomic E-state index is 0.412. The number of nitrogens with zero attached hydrogens (tertiary/aromatic N) is 1. The van der Waals surface area contributed by atoms with Crippen molar-refractivity contribution in [2.24, 2.45) is 0 Å². The van der Waals surface area contributed by atoms with Crippen LogP contribution in [0.2, 0.25) is 0 Å². The Bertz CT molecular complexity index is 422. The van der Waals surface area contributed by atoms with Crippen LogP contribution in [0.15, 0.2) is 24.3 Å². The van der Waals surface area contributed by atoms with E-state index >= 15 is 0 Å². The molecule has 1 atom stereocenters. The lowest BCUT2D eigenvalue weighted by Crippen LogP contribution is -2.38. The molecule has 3 nitrogen and oxygen atoms in total. The van der Waals surface area contributed by atoms with Gasteiger partial charge in [0.25, 0.3) is 0 Å². The smallest absolute Gasteiger partial charge is 0.0766 e. The lowest BCUT2D eigenvalue weighted by Gasteiger charge is -2.25. The highest BCUT2D eigenvalue weighted by Gasteiger charge is 2.19. The van der Waals surface area contributed by atoms with Crippen molar-refractivity contribution in [3.8, 4) is 6.07 Å². The number of hydrogen-bond acceptors (Lipinski definition) is 3. The second-order valence-corrected chi connectivity index (χ2v) is 5.50. The van der Waals surface area contributed by atoms with Crippen LogP contribution in [0.4, 0.5) is 5.69 Å². The molecule has 18 heavy (non-hydrogen) atoms. The Morgan fingerprint density at radius 2 is 2.06 bits per heavy atom. The maximum Gasteiger partial charge on any atom is 0.0766 e. The number of nitriles is 1. The highest BCUT2D eigenvalue weighted by Crippen LogP contribution is 2.24. The molecule has 1 unspecified atom stereocenters. The van der Waals surface area contributed by atoms with Crippen molar-refractivity contribution in [1.29, 1.82) is 5.26 Å². The Kier molecular flexibility index (Phi) is 3.88. The van der Waals surface area contributed by atoms with Gasteiger partial charge in [-0.3, -0.25) is 0 Å². The first kappa shape index (κ1) is 12.9. The molecule has 2 N–H and O–H groups in total. The summed E-state index contributed by atoms with van der Waals surface area (Å²) in [6, 6.07) is 11.1. The van der Waals surface area contributed by atoms with Crippen LogP contribution in [0.3, 0.4) is 0 Å². The van der Waals surface area contributed by atoms with Gasteiger partial charge < -0.3 is 10.6 Å². The average Bonchev–Trinajstić information content (AvgIpc) is 2.40. The molecule has 1 aromatic rings. The molecule has 1 aromatic carbocycles. The first-order chi connectivity index (χ1) is 8.62.